The third-order valence-electron chi connectivity index (χ3n) is 7.00. The van der Waals surface area contributed by atoms with Crippen molar-refractivity contribution < 1.29 is 19.1 Å². The van der Waals surface area contributed by atoms with Crippen LogP contribution in [0.4, 0.5) is 21.0 Å². The second kappa shape index (κ2) is 13.3. The minimum atomic E-state index is -0.540. The number of unbranched alkanes of at least 4 members (excludes halogenated alkanes) is 1. The summed E-state index contributed by atoms with van der Waals surface area (Å²) in [7, 11) is 0. The molecule has 5 N–H and O–H groups in total. The molecule has 0 aliphatic carbocycles. The van der Waals surface area contributed by atoms with E-state index >= 15 is 0 Å². The molecule has 41 heavy (non-hydrogen) atoms. The van der Waals surface area contributed by atoms with Crippen LogP contribution in [0.5, 0.6) is 0 Å². The summed E-state index contributed by atoms with van der Waals surface area (Å²) in [6.07, 6.45) is 4.27. The number of aromatic nitrogens is 1. The molecule has 218 valence electrons. The van der Waals surface area contributed by atoms with Crippen molar-refractivity contribution in [2.75, 3.05) is 31.5 Å². The lowest BCUT2D eigenvalue weighted by Crippen LogP contribution is -2.44. The average molecular weight is 561 g/mol. The predicted octanol–water partition coefficient (Wildman–Crippen LogP) is 5.27. The molecule has 4 amide bonds. The quantitative estimate of drug-likeness (QED) is 0.263. The monoisotopic (exact) mass is 560 g/mol. The minimum Gasteiger partial charge on any atom is -0.444 e. The molecule has 10 heteroatoms. The maximum absolute atomic E-state index is 12.7. The maximum Gasteiger partial charge on any atom is 0.407 e. The molecule has 1 fully saturated rings. The number of urea groups is 1. The number of nitrogens with one attached hydrogen (secondary N) is 3. The van der Waals surface area contributed by atoms with Gasteiger partial charge < -0.3 is 31.3 Å². The van der Waals surface area contributed by atoms with E-state index < -0.39 is 17.6 Å². The Morgan fingerprint density at radius 1 is 1.00 bits per heavy atom. The predicted molar refractivity (Wildman–Crippen MR) is 160 cm³/mol. The molecule has 0 unspecified atom stereocenters. The molecule has 4 rings (SSSR count). The summed E-state index contributed by atoms with van der Waals surface area (Å²) in [6.45, 7) is 7.84. The van der Waals surface area contributed by atoms with Gasteiger partial charge in [0.05, 0.1) is 16.8 Å². The van der Waals surface area contributed by atoms with E-state index in [1.807, 2.05) is 62.1 Å². The van der Waals surface area contributed by atoms with Crippen molar-refractivity contribution >= 4 is 40.3 Å². The number of nitrogens with two attached hydrogens (primary N) is 1. The topological polar surface area (TPSA) is 139 Å². The first-order chi connectivity index (χ1) is 19.6. The molecule has 2 heterocycles. The lowest BCUT2D eigenvalue weighted by molar-refractivity contribution is 0.0526. The van der Waals surface area contributed by atoms with Crippen LogP contribution in [-0.4, -0.2) is 59.7 Å². The number of piperidine rings is 1. The molecule has 2 aromatic carbocycles. The van der Waals surface area contributed by atoms with Crippen LogP contribution in [-0.2, 0) is 4.74 Å². The fourth-order valence-corrected chi connectivity index (χ4v) is 4.93. The van der Waals surface area contributed by atoms with Crippen molar-refractivity contribution in [3.8, 4) is 0 Å². The number of nitrogens with zero attached hydrogens (tertiary/aromatic N) is 2. The largest absolute Gasteiger partial charge is 0.444 e. The lowest BCUT2D eigenvalue weighted by Gasteiger charge is -2.32. The van der Waals surface area contributed by atoms with Crippen molar-refractivity contribution in [3.05, 3.63) is 65.9 Å². The van der Waals surface area contributed by atoms with Crippen LogP contribution >= 0.6 is 0 Å². The van der Waals surface area contributed by atoms with Gasteiger partial charge in [0.2, 0.25) is 0 Å². The zero-order valence-corrected chi connectivity index (χ0v) is 24.0. The zero-order chi connectivity index (χ0) is 29.4. The average Bonchev–Trinajstić information content (AvgIpc) is 2.94. The van der Waals surface area contributed by atoms with Crippen molar-refractivity contribution in [1.82, 2.24) is 20.5 Å². The maximum atomic E-state index is 12.7. The number of carbonyl (C=O) groups is 3. The molecule has 3 aromatic rings. The van der Waals surface area contributed by atoms with E-state index in [2.05, 4.69) is 33.1 Å². The van der Waals surface area contributed by atoms with Gasteiger partial charge in [-0.1, -0.05) is 24.3 Å². The van der Waals surface area contributed by atoms with Crippen LogP contribution in [0.15, 0.2) is 54.7 Å². The number of alkyl carbamates (subject to hydrolysis) is 1. The Hall–Kier alpha value is -4.34. The van der Waals surface area contributed by atoms with Gasteiger partial charge in [-0.15, -0.1) is 0 Å². The number of primary amides is 1. The molecule has 0 spiro atoms. The molecule has 1 aliphatic rings. The highest BCUT2D eigenvalue weighted by molar-refractivity contribution is 6.07. The normalized spacial score (nSPS) is 14.0. The van der Waals surface area contributed by atoms with Crippen LogP contribution in [0.1, 0.15) is 68.3 Å². The van der Waals surface area contributed by atoms with Gasteiger partial charge in [-0.2, -0.15) is 0 Å². The Kier molecular flexibility index (Phi) is 9.65. The number of amides is 4. The summed E-state index contributed by atoms with van der Waals surface area (Å²) in [5, 5.41) is 9.92. The molecule has 10 nitrogen and oxygen atoms in total. The highest BCUT2D eigenvalue weighted by Crippen LogP contribution is 2.34. The van der Waals surface area contributed by atoms with Gasteiger partial charge in [0.15, 0.2) is 0 Å². The van der Waals surface area contributed by atoms with E-state index in [4.69, 9.17) is 10.5 Å². The van der Waals surface area contributed by atoms with E-state index in [-0.39, 0.29) is 11.9 Å². The van der Waals surface area contributed by atoms with Crippen molar-refractivity contribution in [1.29, 1.82) is 0 Å². The molecule has 1 saturated heterocycles. The van der Waals surface area contributed by atoms with E-state index in [9.17, 15) is 14.4 Å². The molecule has 0 radical (unpaired) electrons. The molecular weight excluding hydrogens is 520 g/mol. The summed E-state index contributed by atoms with van der Waals surface area (Å²) in [6, 6.07) is 15.7. The second-order valence-corrected chi connectivity index (χ2v) is 11.3. The number of hydrogen-bond donors (Lipinski definition) is 4. The zero-order valence-electron chi connectivity index (χ0n) is 24.0. The molecule has 1 aliphatic heterocycles. The first kappa shape index (κ1) is 29.6. The van der Waals surface area contributed by atoms with Crippen LogP contribution < -0.4 is 21.7 Å². The van der Waals surface area contributed by atoms with Gasteiger partial charge in [-0.05, 0) is 82.2 Å². The smallest absolute Gasteiger partial charge is 0.407 e. The number of ether oxygens (including phenoxy) is 1. The number of para-hydroxylation sites is 1. The molecule has 0 saturated carbocycles. The highest BCUT2D eigenvalue weighted by Gasteiger charge is 2.24. The Morgan fingerprint density at radius 2 is 1.68 bits per heavy atom. The molecule has 0 atom stereocenters. The molecule has 1 aromatic heterocycles. The summed E-state index contributed by atoms with van der Waals surface area (Å²) in [5.74, 6) is -0.258. The van der Waals surface area contributed by atoms with Gasteiger partial charge in [-0.25, -0.2) is 9.59 Å². The third-order valence-corrected chi connectivity index (χ3v) is 7.00. The summed E-state index contributed by atoms with van der Waals surface area (Å²) >= 11 is 0. The fourth-order valence-electron chi connectivity index (χ4n) is 4.93. The number of carbonyl (C=O) groups excluding carboxylic acids is 3. The summed E-state index contributed by atoms with van der Waals surface area (Å²) in [5.41, 5.74) is 8.93. The Bertz CT molecular complexity index is 1360. The first-order valence-corrected chi connectivity index (χ1v) is 14.1. The van der Waals surface area contributed by atoms with Crippen LogP contribution in [0, 0.1) is 0 Å². The number of fused-ring (bicyclic) bond motifs is 1. The van der Waals surface area contributed by atoms with E-state index in [0.29, 0.717) is 37.4 Å². The van der Waals surface area contributed by atoms with Crippen LogP contribution in [0.2, 0.25) is 0 Å². The number of pyridine rings is 1. The number of benzene rings is 2. The van der Waals surface area contributed by atoms with Gasteiger partial charge >= 0.3 is 12.1 Å². The first-order valence-electron chi connectivity index (χ1n) is 14.1. The Labute approximate surface area is 241 Å². The summed E-state index contributed by atoms with van der Waals surface area (Å²) in [4.78, 5) is 42.9. The Balaban J connectivity index is 1.31. The van der Waals surface area contributed by atoms with Crippen LogP contribution in [0.3, 0.4) is 0 Å². The van der Waals surface area contributed by atoms with Crippen molar-refractivity contribution in [2.24, 2.45) is 5.73 Å². The molecule has 0 bridgehead atoms. The van der Waals surface area contributed by atoms with Gasteiger partial charge in [-0.3, -0.25) is 9.78 Å². The fraction of sp³-hybridized carbons (Fsp3) is 0.419. The van der Waals surface area contributed by atoms with Crippen LogP contribution in [0.25, 0.3) is 10.9 Å². The standard InChI is InChI=1S/C31H40N6O4/c1-31(2,3)41-30(40)34-16-8-7-15-33-29(39)37-17-13-21(14-18-37)22-11-12-26-24(19-22)27(25(20-35-26)28(32)38)36-23-9-5-4-6-10-23/h4-6,9-12,19-21H,7-8,13-18H2,1-3H3,(H2,32,38)(H,33,39)(H,34,40)(H,35,36). The minimum absolute atomic E-state index is 0.0632. The number of likely N-dealkylation sites (tertiary alicyclic amines) is 1. The Morgan fingerprint density at radius 3 is 2.34 bits per heavy atom. The van der Waals surface area contributed by atoms with Crippen molar-refractivity contribution in [3.63, 3.8) is 0 Å². The van der Waals surface area contributed by atoms with E-state index in [1.165, 1.54) is 6.20 Å². The van der Waals surface area contributed by atoms with E-state index in [0.717, 1.165) is 47.8 Å². The van der Waals surface area contributed by atoms with E-state index in [1.54, 1.807) is 0 Å². The SMILES string of the molecule is CC(C)(C)OC(=O)NCCCCNC(=O)N1CCC(c2ccc3ncc(C(N)=O)c(Nc4ccccc4)c3c2)CC1. The van der Waals surface area contributed by atoms with Gasteiger partial charge in [0, 0.05) is 43.4 Å². The number of anilines is 2. The number of rotatable bonds is 9. The van der Waals surface area contributed by atoms with Gasteiger partial charge in [0.1, 0.15) is 5.60 Å². The summed E-state index contributed by atoms with van der Waals surface area (Å²) < 4.78 is 5.22. The highest BCUT2D eigenvalue weighted by atomic mass is 16.6. The second-order valence-electron chi connectivity index (χ2n) is 11.3. The molecular formula is C31H40N6O4. The van der Waals surface area contributed by atoms with Crippen molar-refractivity contribution in [2.45, 2.75) is 58.0 Å². The van der Waals surface area contributed by atoms with Gasteiger partial charge in [0.25, 0.3) is 5.91 Å². The lowest BCUT2D eigenvalue weighted by atomic mass is 9.88. The third kappa shape index (κ3) is 8.33. The number of hydrogen-bond acceptors (Lipinski definition) is 6.